The molecule has 1 aromatic carbocycles. The van der Waals surface area contributed by atoms with Gasteiger partial charge in [0.05, 0.1) is 17.6 Å². The molecule has 1 amide bonds. The predicted molar refractivity (Wildman–Crippen MR) is 113 cm³/mol. The van der Waals surface area contributed by atoms with E-state index in [1.165, 1.54) is 18.3 Å². The van der Waals surface area contributed by atoms with Crippen LogP contribution in [0.1, 0.15) is 26.6 Å². The fraction of sp³-hybridized carbons (Fsp3) is 0.381. The van der Waals surface area contributed by atoms with Crippen molar-refractivity contribution >= 4 is 27.0 Å². The van der Waals surface area contributed by atoms with E-state index in [-0.39, 0.29) is 17.1 Å². The topological polar surface area (TPSA) is 94.4 Å². The van der Waals surface area contributed by atoms with Crippen molar-refractivity contribution in [3.8, 4) is 11.1 Å². The Morgan fingerprint density at radius 3 is 2.61 bits per heavy atom. The summed E-state index contributed by atoms with van der Waals surface area (Å²) in [7, 11) is -3.52. The Morgan fingerprint density at radius 1 is 1.19 bits per heavy atom. The number of hydrogen-bond donors (Lipinski definition) is 0. The second-order valence-corrected chi connectivity index (χ2v) is 10.5. The van der Waals surface area contributed by atoms with E-state index in [0.717, 1.165) is 6.26 Å². The minimum absolute atomic E-state index is 0.118. The Morgan fingerprint density at radius 2 is 1.94 bits per heavy atom. The highest BCUT2D eigenvalue weighted by atomic mass is 32.2. The summed E-state index contributed by atoms with van der Waals surface area (Å²) in [5.74, 6) is 0.118. The lowest BCUT2D eigenvalue weighted by Gasteiger charge is -2.30. The van der Waals surface area contributed by atoms with E-state index in [1.807, 2.05) is 25.3 Å². The van der Waals surface area contributed by atoms with Gasteiger partial charge in [0.15, 0.2) is 14.9 Å². The third-order valence-corrected chi connectivity index (χ3v) is 5.90. The molecule has 0 saturated carbocycles. The first-order valence-electron chi connectivity index (χ1n) is 9.75. The Bertz CT molecular complexity index is 1290. The Kier molecular flexibility index (Phi) is 5.00. The average molecular weight is 447 g/mol. The summed E-state index contributed by atoms with van der Waals surface area (Å²) >= 11 is 0. The molecule has 164 valence electrons. The SMILES string of the molecule is CC(C)(C)OC(=O)N1CCn2c(nc3cc(F)c(-c4ccnc(S(C)(=O)=O)c4)cc32)C1. The number of sulfone groups is 1. The summed E-state index contributed by atoms with van der Waals surface area (Å²) in [6.07, 6.45) is 1.99. The lowest BCUT2D eigenvalue weighted by molar-refractivity contribution is 0.0196. The molecule has 3 aromatic rings. The highest BCUT2D eigenvalue weighted by Crippen LogP contribution is 2.30. The van der Waals surface area contributed by atoms with E-state index in [9.17, 15) is 17.6 Å². The number of ether oxygens (including phenoxy) is 1. The molecule has 4 rings (SSSR count). The van der Waals surface area contributed by atoms with E-state index >= 15 is 0 Å². The quantitative estimate of drug-likeness (QED) is 0.599. The normalized spacial score (nSPS) is 14.5. The summed E-state index contributed by atoms with van der Waals surface area (Å²) in [4.78, 5) is 22.3. The third kappa shape index (κ3) is 4.25. The second-order valence-electron chi connectivity index (χ2n) is 8.56. The molecular weight excluding hydrogens is 423 g/mol. The summed E-state index contributed by atoms with van der Waals surface area (Å²) in [5, 5.41) is -0.118. The Balaban J connectivity index is 1.71. The largest absolute Gasteiger partial charge is 0.444 e. The molecule has 0 saturated heterocycles. The van der Waals surface area contributed by atoms with E-state index in [1.54, 1.807) is 17.0 Å². The van der Waals surface area contributed by atoms with Crippen LogP contribution in [0, 0.1) is 5.82 Å². The van der Waals surface area contributed by atoms with Crippen molar-refractivity contribution in [1.29, 1.82) is 0 Å². The number of amides is 1. The van der Waals surface area contributed by atoms with Crippen molar-refractivity contribution < 1.29 is 22.3 Å². The van der Waals surface area contributed by atoms with Crippen LogP contribution in [0.3, 0.4) is 0 Å². The van der Waals surface area contributed by atoms with Gasteiger partial charge in [0, 0.05) is 37.2 Å². The molecule has 1 aliphatic rings. The molecule has 0 N–H and O–H groups in total. The van der Waals surface area contributed by atoms with Crippen molar-refractivity contribution in [2.24, 2.45) is 0 Å². The van der Waals surface area contributed by atoms with Gasteiger partial charge in [0.2, 0.25) is 0 Å². The van der Waals surface area contributed by atoms with E-state index < -0.39 is 27.3 Å². The number of fused-ring (bicyclic) bond motifs is 3. The molecule has 1 aliphatic heterocycles. The number of hydrogen-bond acceptors (Lipinski definition) is 6. The molecule has 10 heteroatoms. The Labute approximate surface area is 179 Å². The van der Waals surface area contributed by atoms with Gasteiger partial charge >= 0.3 is 6.09 Å². The van der Waals surface area contributed by atoms with Crippen LogP contribution in [0.5, 0.6) is 0 Å². The second kappa shape index (κ2) is 7.30. The van der Waals surface area contributed by atoms with Crippen molar-refractivity contribution in [2.45, 2.75) is 44.5 Å². The highest BCUT2D eigenvalue weighted by molar-refractivity contribution is 7.90. The number of carbonyl (C=O) groups is 1. The summed E-state index contributed by atoms with van der Waals surface area (Å²) < 4.78 is 45.9. The summed E-state index contributed by atoms with van der Waals surface area (Å²) in [5.41, 5.74) is 1.27. The van der Waals surface area contributed by atoms with Crippen LogP contribution in [0.25, 0.3) is 22.2 Å². The van der Waals surface area contributed by atoms with Gasteiger partial charge in [-0.15, -0.1) is 0 Å². The van der Waals surface area contributed by atoms with E-state index in [0.29, 0.717) is 35.5 Å². The number of carbonyl (C=O) groups excluding carboxylic acids is 1. The monoisotopic (exact) mass is 446 g/mol. The minimum atomic E-state index is -3.52. The predicted octanol–water partition coefficient (Wildman–Crippen LogP) is 3.39. The zero-order chi connectivity index (χ0) is 22.6. The lowest BCUT2D eigenvalue weighted by Crippen LogP contribution is -2.41. The molecule has 0 bridgehead atoms. The molecule has 31 heavy (non-hydrogen) atoms. The highest BCUT2D eigenvalue weighted by Gasteiger charge is 2.28. The zero-order valence-electron chi connectivity index (χ0n) is 17.7. The number of nitrogens with zero attached hydrogens (tertiary/aromatic N) is 4. The molecule has 0 spiro atoms. The minimum Gasteiger partial charge on any atom is -0.444 e. The third-order valence-electron chi connectivity index (χ3n) is 4.92. The molecule has 0 atom stereocenters. The maximum atomic E-state index is 14.9. The molecule has 0 unspecified atom stereocenters. The first-order valence-corrected chi connectivity index (χ1v) is 11.6. The summed E-state index contributed by atoms with van der Waals surface area (Å²) in [6.45, 7) is 6.61. The first-order chi connectivity index (χ1) is 14.4. The maximum absolute atomic E-state index is 14.9. The van der Waals surface area contributed by atoms with Gasteiger partial charge in [-0.1, -0.05) is 0 Å². The van der Waals surface area contributed by atoms with E-state index in [4.69, 9.17) is 4.74 Å². The number of aromatic nitrogens is 3. The van der Waals surface area contributed by atoms with E-state index in [2.05, 4.69) is 9.97 Å². The molecule has 2 aromatic heterocycles. The van der Waals surface area contributed by atoms with Gasteiger partial charge in [0.1, 0.15) is 17.2 Å². The van der Waals surface area contributed by atoms with Crippen LogP contribution < -0.4 is 0 Å². The van der Waals surface area contributed by atoms with Crippen molar-refractivity contribution in [3.63, 3.8) is 0 Å². The van der Waals surface area contributed by atoms with Gasteiger partial charge in [-0.2, -0.15) is 0 Å². The van der Waals surface area contributed by atoms with Crippen LogP contribution in [0.4, 0.5) is 9.18 Å². The van der Waals surface area contributed by atoms with Crippen molar-refractivity contribution in [3.05, 3.63) is 42.1 Å². The number of rotatable bonds is 2. The fourth-order valence-corrected chi connectivity index (χ4v) is 4.11. The van der Waals surface area contributed by atoms with Crippen LogP contribution in [-0.4, -0.2) is 52.3 Å². The Hall–Kier alpha value is -3.01. The van der Waals surface area contributed by atoms with Gasteiger partial charge in [-0.25, -0.2) is 27.6 Å². The first kappa shape index (κ1) is 21.2. The summed E-state index contributed by atoms with van der Waals surface area (Å²) in [6, 6.07) is 5.91. The maximum Gasteiger partial charge on any atom is 0.410 e. The van der Waals surface area contributed by atoms with Gasteiger partial charge in [-0.3, -0.25) is 4.90 Å². The molecular formula is C21H23FN4O4S. The molecule has 0 aliphatic carbocycles. The molecule has 3 heterocycles. The number of halogens is 1. The molecule has 0 radical (unpaired) electrons. The van der Waals surface area contributed by atoms with Crippen LogP contribution in [-0.2, 0) is 27.7 Å². The smallest absolute Gasteiger partial charge is 0.410 e. The van der Waals surface area contributed by atoms with Crippen LogP contribution >= 0.6 is 0 Å². The lowest BCUT2D eigenvalue weighted by atomic mass is 10.1. The van der Waals surface area contributed by atoms with Gasteiger partial charge < -0.3 is 9.30 Å². The number of imidazole rings is 1. The standard InChI is InChI=1S/C21H23FN4O4S/c1-21(2,3)30-20(27)25-7-8-26-17-10-14(15(22)11-16(17)24-18(26)12-25)13-5-6-23-19(9-13)31(4,28)29/h5-6,9-11H,7-8,12H2,1-4H3. The van der Waals surface area contributed by atoms with Gasteiger partial charge in [0.25, 0.3) is 0 Å². The fourth-order valence-electron chi connectivity index (χ4n) is 3.52. The van der Waals surface area contributed by atoms with Crippen LogP contribution in [0.15, 0.2) is 35.5 Å². The number of pyridine rings is 1. The molecule has 0 fully saturated rings. The van der Waals surface area contributed by atoms with Gasteiger partial charge in [-0.05, 0) is 44.5 Å². The van der Waals surface area contributed by atoms with Crippen molar-refractivity contribution in [1.82, 2.24) is 19.4 Å². The van der Waals surface area contributed by atoms with Crippen molar-refractivity contribution in [2.75, 3.05) is 12.8 Å². The van der Waals surface area contributed by atoms with Crippen LogP contribution in [0.2, 0.25) is 0 Å². The average Bonchev–Trinajstić information content (AvgIpc) is 3.01. The number of benzene rings is 1. The zero-order valence-corrected chi connectivity index (χ0v) is 18.5. The molecule has 8 nitrogen and oxygen atoms in total.